The number of fused-ring (bicyclic) bond motifs is 1. The summed E-state index contributed by atoms with van der Waals surface area (Å²) >= 11 is 0. The molecule has 8 heteroatoms. The number of hydrogen-bond acceptors (Lipinski definition) is 5. The van der Waals surface area contributed by atoms with Gasteiger partial charge in [-0.1, -0.05) is 19.0 Å². The zero-order valence-corrected chi connectivity index (χ0v) is 14.3. The molecule has 0 bridgehead atoms. The van der Waals surface area contributed by atoms with Crippen LogP contribution >= 0.6 is 0 Å². The van der Waals surface area contributed by atoms with Crippen LogP contribution in [0.5, 0.6) is 0 Å². The number of amides is 1. The molecule has 1 aliphatic heterocycles. The number of aromatic nitrogens is 4. The lowest BCUT2D eigenvalue weighted by atomic mass is 9.98. The minimum Gasteiger partial charge on any atom is -0.359 e. The third-order valence-corrected chi connectivity index (χ3v) is 4.24. The molecule has 1 aliphatic rings. The van der Waals surface area contributed by atoms with Crippen molar-refractivity contribution < 1.29 is 9.32 Å². The molecule has 0 saturated carbocycles. The largest absolute Gasteiger partial charge is 0.359 e. The van der Waals surface area contributed by atoms with Gasteiger partial charge >= 0.3 is 5.69 Å². The molecule has 0 saturated heterocycles. The molecule has 0 fully saturated rings. The number of aryl methyl sites for hydroxylation is 2. The minimum atomic E-state index is -0.225. The third-order valence-electron chi connectivity index (χ3n) is 4.24. The van der Waals surface area contributed by atoms with E-state index in [1.165, 1.54) is 4.68 Å². The second kappa shape index (κ2) is 6.62. The highest BCUT2D eigenvalue weighted by molar-refractivity contribution is 5.78. The van der Waals surface area contributed by atoms with E-state index in [1.54, 1.807) is 11.6 Å². The van der Waals surface area contributed by atoms with Gasteiger partial charge in [0.2, 0.25) is 5.91 Å². The molecule has 0 aliphatic carbocycles. The molecule has 2 aromatic rings. The van der Waals surface area contributed by atoms with E-state index in [4.69, 9.17) is 4.52 Å². The van der Waals surface area contributed by atoms with Gasteiger partial charge in [0.25, 0.3) is 0 Å². The number of rotatable bonds is 5. The molecular formula is C16H23N5O3. The fourth-order valence-electron chi connectivity index (χ4n) is 3.02. The first-order chi connectivity index (χ1) is 11.4. The molecule has 8 nitrogen and oxygen atoms in total. The maximum absolute atomic E-state index is 12.4. The number of nitrogens with one attached hydrogen (secondary N) is 1. The minimum absolute atomic E-state index is 0.0711. The van der Waals surface area contributed by atoms with Crippen molar-refractivity contribution in [3.8, 4) is 0 Å². The predicted molar refractivity (Wildman–Crippen MR) is 86.2 cm³/mol. The zero-order valence-electron chi connectivity index (χ0n) is 14.3. The van der Waals surface area contributed by atoms with E-state index >= 15 is 0 Å². The van der Waals surface area contributed by atoms with Crippen molar-refractivity contribution in [2.24, 2.45) is 18.9 Å². The number of carbonyl (C=O) groups is 1. The van der Waals surface area contributed by atoms with Crippen LogP contribution in [0.25, 0.3) is 0 Å². The monoisotopic (exact) mass is 333 g/mol. The van der Waals surface area contributed by atoms with E-state index in [1.807, 2.05) is 6.07 Å². The van der Waals surface area contributed by atoms with Crippen molar-refractivity contribution in [1.82, 2.24) is 24.8 Å². The van der Waals surface area contributed by atoms with Gasteiger partial charge in [0.1, 0.15) is 5.82 Å². The summed E-state index contributed by atoms with van der Waals surface area (Å²) in [5.41, 5.74) is 0.731. The second-order valence-electron chi connectivity index (χ2n) is 6.77. The Balaban J connectivity index is 1.57. The van der Waals surface area contributed by atoms with Crippen molar-refractivity contribution in [2.45, 2.75) is 46.2 Å². The summed E-state index contributed by atoms with van der Waals surface area (Å²) < 4.78 is 8.15. The number of carbonyl (C=O) groups excluding carboxylic acids is 1. The Labute approximate surface area is 139 Å². The van der Waals surface area contributed by atoms with E-state index in [9.17, 15) is 9.59 Å². The van der Waals surface area contributed by atoms with Crippen LogP contribution < -0.4 is 11.0 Å². The Bertz CT molecular complexity index is 786. The number of nitrogens with zero attached hydrogens (tertiary/aromatic N) is 4. The summed E-state index contributed by atoms with van der Waals surface area (Å²) in [5.74, 6) is 1.61. The van der Waals surface area contributed by atoms with Gasteiger partial charge < -0.3 is 9.84 Å². The zero-order chi connectivity index (χ0) is 17.3. The van der Waals surface area contributed by atoms with Crippen LogP contribution in [0, 0.1) is 11.8 Å². The third kappa shape index (κ3) is 3.42. The maximum atomic E-state index is 12.4. The Morgan fingerprint density at radius 3 is 3.04 bits per heavy atom. The van der Waals surface area contributed by atoms with E-state index < -0.39 is 0 Å². The average Bonchev–Trinajstić information content (AvgIpc) is 3.09. The molecule has 0 aromatic carbocycles. The van der Waals surface area contributed by atoms with Crippen LogP contribution in [0.4, 0.5) is 0 Å². The Hall–Kier alpha value is -2.38. The summed E-state index contributed by atoms with van der Waals surface area (Å²) in [7, 11) is 1.63. The average molecular weight is 333 g/mol. The van der Waals surface area contributed by atoms with Gasteiger partial charge in [-0.2, -0.15) is 5.10 Å². The Morgan fingerprint density at radius 2 is 2.29 bits per heavy atom. The molecule has 24 heavy (non-hydrogen) atoms. The van der Waals surface area contributed by atoms with Crippen molar-refractivity contribution in [3.63, 3.8) is 0 Å². The first-order valence-electron chi connectivity index (χ1n) is 8.29. The van der Waals surface area contributed by atoms with Crippen LogP contribution in [-0.2, 0) is 37.8 Å². The van der Waals surface area contributed by atoms with Crippen LogP contribution in [0.15, 0.2) is 15.4 Å². The second-order valence-corrected chi connectivity index (χ2v) is 6.77. The summed E-state index contributed by atoms with van der Waals surface area (Å²) in [6, 6.07) is 1.88. The van der Waals surface area contributed by atoms with Gasteiger partial charge in [-0.3, -0.25) is 9.36 Å². The smallest absolute Gasteiger partial charge is 0.345 e. The SMILES string of the molecule is CC(C)Cc1cc(CNC(=O)[C@@H]2CCc3nn(C)c(=O)n3C2)on1. The summed E-state index contributed by atoms with van der Waals surface area (Å²) in [5, 5.41) is 11.1. The fraction of sp³-hybridized carbons (Fsp3) is 0.625. The maximum Gasteiger partial charge on any atom is 0.345 e. The first-order valence-corrected chi connectivity index (χ1v) is 8.29. The molecule has 0 unspecified atom stereocenters. The van der Waals surface area contributed by atoms with E-state index in [0.29, 0.717) is 37.6 Å². The lowest BCUT2D eigenvalue weighted by Crippen LogP contribution is -2.38. The van der Waals surface area contributed by atoms with Crippen LogP contribution in [0.3, 0.4) is 0 Å². The molecule has 130 valence electrons. The fourth-order valence-corrected chi connectivity index (χ4v) is 3.02. The molecular weight excluding hydrogens is 310 g/mol. The molecule has 0 spiro atoms. The molecule has 3 rings (SSSR count). The van der Waals surface area contributed by atoms with Crippen LogP contribution in [-0.4, -0.2) is 25.4 Å². The molecule has 0 radical (unpaired) electrons. The molecule has 2 aromatic heterocycles. The molecule has 3 heterocycles. The lowest BCUT2D eigenvalue weighted by Gasteiger charge is -2.21. The quantitative estimate of drug-likeness (QED) is 0.867. The van der Waals surface area contributed by atoms with Crippen LogP contribution in [0.2, 0.25) is 0 Å². The summed E-state index contributed by atoms with van der Waals surface area (Å²) in [6.45, 7) is 4.93. The normalized spacial score (nSPS) is 17.1. The van der Waals surface area contributed by atoms with E-state index in [-0.39, 0.29) is 17.5 Å². The summed E-state index contributed by atoms with van der Waals surface area (Å²) in [6.07, 6.45) is 2.18. The standard InChI is InChI=1S/C16H23N5O3/c1-10(2)6-12-7-13(24-19-12)8-17-15(22)11-4-5-14-18-20(3)16(23)21(14)9-11/h7,10-11H,4-6,8-9H2,1-3H3,(H,17,22)/t11-/m1/s1. The Morgan fingerprint density at radius 1 is 1.50 bits per heavy atom. The van der Waals surface area contributed by atoms with E-state index in [2.05, 4.69) is 29.4 Å². The van der Waals surface area contributed by atoms with Crippen molar-refractivity contribution in [3.05, 3.63) is 33.8 Å². The molecule has 1 amide bonds. The number of hydrogen-bond donors (Lipinski definition) is 1. The molecule has 1 N–H and O–H groups in total. The van der Waals surface area contributed by atoms with Gasteiger partial charge in [0.05, 0.1) is 18.2 Å². The summed E-state index contributed by atoms with van der Waals surface area (Å²) in [4.78, 5) is 24.3. The van der Waals surface area contributed by atoms with Crippen molar-refractivity contribution in [2.75, 3.05) is 0 Å². The first kappa shape index (κ1) is 16.5. The van der Waals surface area contributed by atoms with Gasteiger partial charge in [-0.25, -0.2) is 9.48 Å². The Kier molecular flexibility index (Phi) is 4.55. The highest BCUT2D eigenvalue weighted by Gasteiger charge is 2.27. The van der Waals surface area contributed by atoms with Gasteiger partial charge in [-0.05, 0) is 18.8 Å². The van der Waals surface area contributed by atoms with E-state index in [0.717, 1.165) is 17.9 Å². The van der Waals surface area contributed by atoms with Crippen molar-refractivity contribution >= 4 is 5.91 Å². The van der Waals surface area contributed by atoms with Gasteiger partial charge in [-0.15, -0.1) is 0 Å². The molecule has 1 atom stereocenters. The van der Waals surface area contributed by atoms with Gasteiger partial charge in [0, 0.05) is 26.1 Å². The highest BCUT2D eigenvalue weighted by Crippen LogP contribution is 2.17. The van der Waals surface area contributed by atoms with Crippen molar-refractivity contribution in [1.29, 1.82) is 0 Å². The van der Waals surface area contributed by atoms with Gasteiger partial charge in [0.15, 0.2) is 5.76 Å². The van der Waals surface area contributed by atoms with Crippen LogP contribution in [0.1, 0.15) is 37.5 Å². The lowest BCUT2D eigenvalue weighted by molar-refractivity contribution is -0.126. The highest BCUT2D eigenvalue weighted by atomic mass is 16.5. The predicted octanol–water partition coefficient (Wildman–Crippen LogP) is 0.647. The topological polar surface area (TPSA) is 95.0 Å².